The van der Waals surface area contributed by atoms with Crippen molar-refractivity contribution >= 4 is 5.91 Å². The van der Waals surface area contributed by atoms with Gasteiger partial charge in [-0.05, 0) is 24.1 Å². The molecule has 2 aliphatic rings. The summed E-state index contributed by atoms with van der Waals surface area (Å²) in [6.07, 6.45) is -26.2. The molecule has 7 nitrogen and oxygen atoms in total. The Labute approximate surface area is 200 Å². The van der Waals surface area contributed by atoms with Gasteiger partial charge in [0.1, 0.15) is 31.9 Å². The first kappa shape index (κ1) is 10.2. The molecule has 3 rings (SSSR count). The van der Waals surface area contributed by atoms with Gasteiger partial charge in [-0.3, -0.25) is 4.79 Å². The Bertz CT molecular complexity index is 1250. The second-order valence-electron chi connectivity index (χ2n) is 7.07. The van der Waals surface area contributed by atoms with Crippen molar-refractivity contribution in [3.05, 3.63) is 29.0 Å². The molecular weight excluding hydrogens is 384 g/mol. The van der Waals surface area contributed by atoms with E-state index in [0.717, 1.165) is 0 Å². The summed E-state index contributed by atoms with van der Waals surface area (Å²) in [4.78, 5) is 13.4. The summed E-state index contributed by atoms with van der Waals surface area (Å²) in [6.45, 7) is -3.71. The van der Waals surface area contributed by atoms with Gasteiger partial charge >= 0.3 is 0 Å². The van der Waals surface area contributed by atoms with Crippen LogP contribution in [0.2, 0.25) is 0 Å². The lowest BCUT2D eigenvalue weighted by atomic mass is 10.00. The van der Waals surface area contributed by atoms with Crippen LogP contribution in [-0.4, -0.2) is 54.5 Å². The number of hydrogen-bond donors (Lipinski definition) is 2. The fourth-order valence-corrected chi connectivity index (χ4v) is 3.54. The van der Waals surface area contributed by atoms with Crippen LogP contribution in [-0.2, 0) is 4.79 Å². The molecule has 1 saturated heterocycles. The van der Waals surface area contributed by atoms with Crippen molar-refractivity contribution in [1.82, 2.24) is 5.32 Å². The zero-order valence-corrected chi connectivity index (χ0v) is 16.4. The van der Waals surface area contributed by atoms with Gasteiger partial charge in [0.15, 0.2) is 11.5 Å². The third kappa shape index (κ3) is 6.33. The first-order valence-electron chi connectivity index (χ1n) is 17.1. The molecule has 0 aromatic heterocycles. The molecule has 0 unspecified atom stereocenters. The first-order chi connectivity index (χ1) is 20.2. The number of hydrogen-bond acceptors (Lipinski definition) is 5. The number of benzene rings is 1. The van der Waals surface area contributed by atoms with Gasteiger partial charge in [-0.1, -0.05) is 38.4 Å². The standard InChI is InChI=1S/C23H36N2O5/c1-2-3-4-5-6-9-22(26)24-19(17-25(28)12-7-8-13-25)23(27)18-10-11-20-21(16-18)30-15-14-29-20/h10-11,16,19,23,27H,2-9,12-15,17H2,1H3,(H,24,26)/t19-,23-/m1/s1/i1D3,2D2,3D2,4D2,5D2,6D2,9D2. The van der Waals surface area contributed by atoms with Crippen molar-refractivity contribution < 1.29 is 44.6 Å². The molecule has 0 saturated carbocycles. The summed E-state index contributed by atoms with van der Waals surface area (Å²) in [7, 11) is 0. The number of aliphatic hydroxyl groups is 1. The zero-order valence-electron chi connectivity index (χ0n) is 31.4. The maximum atomic E-state index is 13.4. The molecule has 30 heavy (non-hydrogen) atoms. The lowest BCUT2D eigenvalue weighted by Crippen LogP contribution is -2.53. The summed E-state index contributed by atoms with van der Waals surface area (Å²) in [5, 5.41) is 26.7. The third-order valence-corrected chi connectivity index (χ3v) is 4.94. The van der Waals surface area contributed by atoms with E-state index in [1.165, 1.54) is 18.2 Å². The van der Waals surface area contributed by atoms with Crippen molar-refractivity contribution in [2.75, 3.05) is 32.8 Å². The van der Waals surface area contributed by atoms with Crippen LogP contribution in [0.5, 0.6) is 11.5 Å². The highest BCUT2D eigenvalue weighted by Gasteiger charge is 2.33. The largest absolute Gasteiger partial charge is 0.633 e. The Morgan fingerprint density at radius 2 is 1.97 bits per heavy atom. The van der Waals surface area contributed by atoms with Crippen LogP contribution in [0.3, 0.4) is 0 Å². The van der Waals surface area contributed by atoms with Crippen LogP contribution in [0.15, 0.2) is 18.2 Å². The normalized spacial score (nSPS) is 30.0. The highest BCUT2D eigenvalue weighted by Crippen LogP contribution is 2.34. The topological polar surface area (TPSA) is 90.9 Å². The van der Waals surface area contributed by atoms with Crippen molar-refractivity contribution in [3.63, 3.8) is 0 Å². The van der Waals surface area contributed by atoms with Gasteiger partial charge in [-0.15, -0.1) is 0 Å². The second kappa shape index (κ2) is 11.0. The van der Waals surface area contributed by atoms with Crippen LogP contribution < -0.4 is 14.8 Å². The number of hydroxylamine groups is 3. The van der Waals surface area contributed by atoms with Gasteiger partial charge in [-0.25, -0.2) is 0 Å². The number of ether oxygens (including phenoxy) is 2. The predicted octanol–water partition coefficient (Wildman–Crippen LogP) is 3.44. The van der Waals surface area contributed by atoms with Crippen molar-refractivity contribution in [2.24, 2.45) is 0 Å². The average Bonchev–Trinajstić information content (AvgIpc) is 3.36. The van der Waals surface area contributed by atoms with E-state index in [2.05, 4.69) is 5.32 Å². The molecule has 2 N–H and O–H groups in total. The third-order valence-electron chi connectivity index (χ3n) is 4.94. The monoisotopic (exact) mass is 435 g/mol. The van der Waals surface area contributed by atoms with Gasteiger partial charge in [0.2, 0.25) is 5.91 Å². The van der Waals surface area contributed by atoms with Gasteiger partial charge in [0, 0.05) is 39.8 Å². The Hall–Kier alpha value is -1.83. The van der Waals surface area contributed by atoms with Crippen molar-refractivity contribution in [2.45, 2.75) is 70.1 Å². The summed E-state index contributed by atoms with van der Waals surface area (Å²) < 4.78 is 129. The van der Waals surface area contributed by atoms with Gasteiger partial charge in [-0.2, -0.15) is 0 Å². The van der Waals surface area contributed by atoms with E-state index in [0.29, 0.717) is 18.6 Å². The second-order valence-corrected chi connectivity index (χ2v) is 7.07. The Kier molecular flexibility index (Phi) is 3.73. The summed E-state index contributed by atoms with van der Waals surface area (Å²) in [6, 6.07) is 2.64. The Morgan fingerprint density at radius 1 is 1.23 bits per heavy atom. The molecule has 0 spiro atoms. The number of carbonyl (C=O) groups is 1. The first-order valence-corrected chi connectivity index (χ1v) is 9.64. The molecule has 1 amide bonds. The zero-order chi connectivity index (χ0) is 34.7. The van der Waals surface area contributed by atoms with Gasteiger partial charge in [0.05, 0.1) is 13.1 Å². The summed E-state index contributed by atoms with van der Waals surface area (Å²) in [5.74, 6) is -1.34. The number of rotatable bonds is 11. The predicted molar refractivity (Wildman–Crippen MR) is 115 cm³/mol. The Morgan fingerprint density at radius 3 is 2.73 bits per heavy atom. The molecular formula is C23H36N2O5. The fourth-order valence-electron chi connectivity index (χ4n) is 3.54. The SMILES string of the molecule is [2H]C([2H])([2H])C([2H])([2H])C([2H])([2H])C([2H])([2H])C([2H])([2H])C([2H])([2H])C([2H])([2H])C(=O)N[C@H](C[N+]1([O-])CCCC1)[C@H](O)c1ccc2c(c1)OCCO2. The number of fused-ring (bicyclic) bond motifs is 1. The molecule has 1 aromatic rings. The van der Waals surface area contributed by atoms with Crippen molar-refractivity contribution in [1.29, 1.82) is 0 Å². The van der Waals surface area contributed by atoms with E-state index in [1.54, 1.807) is 0 Å². The maximum absolute atomic E-state index is 13.4. The van der Waals surface area contributed by atoms with E-state index in [9.17, 15) is 15.1 Å². The summed E-state index contributed by atoms with van der Waals surface area (Å²) in [5.41, 5.74) is 0.102. The summed E-state index contributed by atoms with van der Waals surface area (Å²) >= 11 is 0. The molecule has 1 fully saturated rings. The molecule has 2 aliphatic heterocycles. The molecule has 2 atom stereocenters. The van der Waals surface area contributed by atoms with Crippen LogP contribution in [0.4, 0.5) is 0 Å². The minimum Gasteiger partial charge on any atom is -0.633 e. The van der Waals surface area contributed by atoms with Crippen LogP contribution in [0, 0.1) is 5.21 Å². The molecule has 168 valence electrons. The molecule has 0 radical (unpaired) electrons. The van der Waals surface area contributed by atoms with Crippen molar-refractivity contribution in [3.8, 4) is 11.5 Å². The minimum atomic E-state index is -4.39. The molecule has 0 aliphatic carbocycles. The number of aliphatic hydroxyl groups excluding tert-OH is 1. The number of quaternary nitrogens is 1. The average molecular weight is 436 g/mol. The van der Waals surface area contributed by atoms with E-state index in [1.807, 2.05) is 0 Å². The van der Waals surface area contributed by atoms with E-state index < -0.39 is 74.3 Å². The lowest BCUT2D eigenvalue weighted by molar-refractivity contribution is -0.869. The van der Waals surface area contributed by atoms with Gasteiger partial charge in [0.25, 0.3) is 0 Å². The highest BCUT2D eigenvalue weighted by molar-refractivity contribution is 5.76. The van der Waals surface area contributed by atoms with Crippen LogP contribution >= 0.6 is 0 Å². The minimum absolute atomic E-state index is 0.0945. The van der Waals surface area contributed by atoms with Crippen LogP contribution in [0.25, 0.3) is 0 Å². The molecule has 7 heteroatoms. The fraction of sp³-hybridized carbons (Fsp3) is 0.696. The van der Waals surface area contributed by atoms with Crippen LogP contribution in [0.1, 0.15) is 90.2 Å². The number of nitrogens with zero attached hydrogens (tertiary/aromatic N) is 1. The molecule has 1 aromatic carbocycles. The quantitative estimate of drug-likeness (QED) is 0.410. The number of amides is 1. The Balaban J connectivity index is 1.99. The molecule has 2 heterocycles. The number of carbonyl (C=O) groups excluding carboxylic acids is 1. The number of likely N-dealkylation sites (tertiary alicyclic amines) is 1. The number of nitrogens with one attached hydrogen (secondary N) is 1. The van der Waals surface area contributed by atoms with Gasteiger partial charge < -0.3 is 29.8 Å². The smallest absolute Gasteiger partial charge is 0.220 e. The van der Waals surface area contributed by atoms with E-state index >= 15 is 0 Å². The highest BCUT2D eigenvalue weighted by atomic mass is 16.6. The molecule has 0 bridgehead atoms. The lowest BCUT2D eigenvalue weighted by Gasteiger charge is -2.42. The maximum Gasteiger partial charge on any atom is 0.220 e. The van der Waals surface area contributed by atoms with E-state index in [-0.39, 0.29) is 37.6 Å². The van der Waals surface area contributed by atoms with E-state index in [4.69, 9.17) is 30.0 Å².